The highest BCUT2D eigenvalue weighted by Crippen LogP contribution is 2.37. The van der Waals surface area contributed by atoms with E-state index in [2.05, 4.69) is 13.8 Å². The maximum atomic E-state index is 5.50. The highest BCUT2D eigenvalue weighted by atomic mass is 16.5. The molecular formula is C10H20O2. The Morgan fingerprint density at radius 2 is 2.00 bits per heavy atom. The first kappa shape index (κ1) is 10.0. The third-order valence-corrected chi connectivity index (χ3v) is 2.71. The number of ether oxygens (including phenoxy) is 2. The lowest BCUT2D eigenvalue weighted by Crippen LogP contribution is -2.40. The Morgan fingerprint density at radius 1 is 1.33 bits per heavy atom. The smallest absolute Gasteiger partial charge is 0.0700 e. The van der Waals surface area contributed by atoms with Gasteiger partial charge in [0, 0.05) is 13.7 Å². The zero-order chi connectivity index (χ0) is 9.03. The van der Waals surface area contributed by atoms with Crippen LogP contribution in [0.25, 0.3) is 0 Å². The Morgan fingerprint density at radius 3 is 2.33 bits per heavy atom. The van der Waals surface area contributed by atoms with Crippen LogP contribution in [0.4, 0.5) is 0 Å². The Labute approximate surface area is 75.2 Å². The van der Waals surface area contributed by atoms with Gasteiger partial charge >= 0.3 is 0 Å². The van der Waals surface area contributed by atoms with Crippen LogP contribution < -0.4 is 0 Å². The lowest BCUT2D eigenvalue weighted by atomic mass is 9.78. The molecule has 0 bridgehead atoms. The van der Waals surface area contributed by atoms with Gasteiger partial charge in [0.25, 0.3) is 0 Å². The monoisotopic (exact) mass is 172 g/mol. The van der Waals surface area contributed by atoms with Gasteiger partial charge in [0.05, 0.1) is 11.7 Å². The Bertz CT molecular complexity index is 122. The van der Waals surface area contributed by atoms with Crippen LogP contribution in [-0.4, -0.2) is 25.4 Å². The molecule has 0 N–H and O–H groups in total. The van der Waals surface area contributed by atoms with E-state index in [0.29, 0.717) is 6.10 Å². The molecule has 2 heteroatoms. The summed E-state index contributed by atoms with van der Waals surface area (Å²) >= 11 is 0. The summed E-state index contributed by atoms with van der Waals surface area (Å²) in [5.41, 5.74) is 0.175. The van der Waals surface area contributed by atoms with Gasteiger partial charge < -0.3 is 9.47 Å². The summed E-state index contributed by atoms with van der Waals surface area (Å²) in [5, 5.41) is 0. The predicted octanol–water partition coefficient (Wildman–Crippen LogP) is 2.37. The van der Waals surface area contributed by atoms with Crippen molar-refractivity contribution in [1.29, 1.82) is 0 Å². The van der Waals surface area contributed by atoms with Gasteiger partial charge in [0.15, 0.2) is 0 Å². The van der Waals surface area contributed by atoms with Crippen LogP contribution in [0.5, 0.6) is 0 Å². The zero-order valence-corrected chi connectivity index (χ0v) is 8.43. The van der Waals surface area contributed by atoms with E-state index in [1.54, 1.807) is 0 Å². The third kappa shape index (κ3) is 2.46. The van der Waals surface area contributed by atoms with Crippen molar-refractivity contribution in [3.63, 3.8) is 0 Å². The van der Waals surface area contributed by atoms with Crippen LogP contribution >= 0.6 is 0 Å². The van der Waals surface area contributed by atoms with Crippen molar-refractivity contribution in [3.8, 4) is 0 Å². The summed E-state index contributed by atoms with van der Waals surface area (Å²) in [6.07, 6.45) is 5.14. The molecule has 12 heavy (non-hydrogen) atoms. The number of methoxy groups -OCH3 is 1. The first-order valence-electron chi connectivity index (χ1n) is 4.85. The number of hydrogen-bond donors (Lipinski definition) is 0. The Kier molecular flexibility index (Phi) is 3.53. The summed E-state index contributed by atoms with van der Waals surface area (Å²) in [6.45, 7) is 4.98. The second kappa shape index (κ2) is 4.24. The van der Waals surface area contributed by atoms with Crippen molar-refractivity contribution < 1.29 is 9.47 Å². The molecule has 0 aromatic carbocycles. The minimum absolute atomic E-state index is 0.175. The molecule has 0 aromatic rings. The predicted molar refractivity (Wildman–Crippen MR) is 49.3 cm³/mol. The van der Waals surface area contributed by atoms with Gasteiger partial charge in [-0.15, -0.1) is 0 Å². The van der Waals surface area contributed by atoms with Crippen LogP contribution in [0.15, 0.2) is 0 Å². The van der Waals surface area contributed by atoms with Crippen molar-refractivity contribution in [3.05, 3.63) is 0 Å². The molecule has 0 unspecified atom stereocenters. The van der Waals surface area contributed by atoms with Crippen molar-refractivity contribution >= 4 is 0 Å². The van der Waals surface area contributed by atoms with Gasteiger partial charge in [-0.3, -0.25) is 0 Å². The summed E-state index contributed by atoms with van der Waals surface area (Å²) in [7, 11) is 1.81. The van der Waals surface area contributed by atoms with E-state index in [1.165, 1.54) is 19.3 Å². The minimum Gasteiger partial charge on any atom is -0.379 e. The molecule has 1 rings (SSSR count). The van der Waals surface area contributed by atoms with Crippen molar-refractivity contribution in [2.75, 3.05) is 13.7 Å². The Hall–Kier alpha value is -0.0800. The van der Waals surface area contributed by atoms with Crippen molar-refractivity contribution in [1.82, 2.24) is 0 Å². The normalized spacial score (nSPS) is 21.0. The van der Waals surface area contributed by atoms with E-state index in [-0.39, 0.29) is 5.60 Å². The first-order chi connectivity index (χ1) is 5.68. The maximum absolute atomic E-state index is 5.50. The van der Waals surface area contributed by atoms with Gasteiger partial charge in [-0.05, 0) is 39.5 Å². The fraction of sp³-hybridized carbons (Fsp3) is 1.00. The SMILES string of the molecule is COC1(CCOC(C)C)CCC1. The maximum Gasteiger partial charge on any atom is 0.0700 e. The van der Waals surface area contributed by atoms with Crippen molar-refractivity contribution in [2.45, 2.75) is 51.2 Å². The third-order valence-electron chi connectivity index (χ3n) is 2.71. The molecule has 1 aliphatic carbocycles. The second-order valence-corrected chi connectivity index (χ2v) is 3.91. The Balaban J connectivity index is 2.12. The number of hydrogen-bond acceptors (Lipinski definition) is 2. The molecule has 1 saturated carbocycles. The molecule has 0 spiro atoms. The first-order valence-corrected chi connectivity index (χ1v) is 4.85. The van der Waals surface area contributed by atoms with E-state index in [0.717, 1.165) is 13.0 Å². The average molecular weight is 172 g/mol. The van der Waals surface area contributed by atoms with Gasteiger partial charge in [-0.2, -0.15) is 0 Å². The summed E-state index contributed by atoms with van der Waals surface area (Å²) in [5.74, 6) is 0. The van der Waals surface area contributed by atoms with Gasteiger partial charge in [0.2, 0.25) is 0 Å². The lowest BCUT2D eigenvalue weighted by molar-refractivity contribution is -0.0947. The van der Waals surface area contributed by atoms with Crippen LogP contribution in [0, 0.1) is 0 Å². The molecule has 2 nitrogen and oxygen atoms in total. The van der Waals surface area contributed by atoms with Gasteiger partial charge in [-0.1, -0.05) is 0 Å². The highest BCUT2D eigenvalue weighted by molar-refractivity contribution is 4.89. The van der Waals surface area contributed by atoms with E-state index < -0.39 is 0 Å². The average Bonchev–Trinajstić information content (AvgIpc) is 1.94. The molecule has 0 heterocycles. The molecule has 0 radical (unpaired) electrons. The summed E-state index contributed by atoms with van der Waals surface area (Å²) in [4.78, 5) is 0. The van der Waals surface area contributed by atoms with Crippen LogP contribution in [0.3, 0.4) is 0 Å². The van der Waals surface area contributed by atoms with Crippen LogP contribution in [-0.2, 0) is 9.47 Å². The fourth-order valence-corrected chi connectivity index (χ4v) is 1.61. The molecule has 0 atom stereocenters. The molecular weight excluding hydrogens is 152 g/mol. The molecule has 72 valence electrons. The highest BCUT2D eigenvalue weighted by Gasteiger charge is 2.36. The van der Waals surface area contributed by atoms with Crippen LogP contribution in [0.2, 0.25) is 0 Å². The standard InChI is InChI=1S/C10H20O2/c1-9(2)12-8-7-10(11-3)5-4-6-10/h9H,4-8H2,1-3H3. The quantitative estimate of drug-likeness (QED) is 0.634. The van der Waals surface area contributed by atoms with E-state index in [1.807, 2.05) is 7.11 Å². The summed E-state index contributed by atoms with van der Waals surface area (Å²) < 4.78 is 11.0. The van der Waals surface area contributed by atoms with Gasteiger partial charge in [-0.25, -0.2) is 0 Å². The fourth-order valence-electron chi connectivity index (χ4n) is 1.61. The zero-order valence-electron chi connectivity index (χ0n) is 8.43. The molecule has 0 saturated heterocycles. The summed E-state index contributed by atoms with van der Waals surface area (Å²) in [6, 6.07) is 0. The number of rotatable bonds is 5. The minimum atomic E-state index is 0.175. The largest absolute Gasteiger partial charge is 0.379 e. The molecule has 0 amide bonds. The molecule has 0 aromatic heterocycles. The molecule has 1 aliphatic rings. The van der Waals surface area contributed by atoms with E-state index in [4.69, 9.17) is 9.47 Å². The van der Waals surface area contributed by atoms with Crippen molar-refractivity contribution in [2.24, 2.45) is 0 Å². The van der Waals surface area contributed by atoms with E-state index in [9.17, 15) is 0 Å². The molecule has 0 aliphatic heterocycles. The van der Waals surface area contributed by atoms with Crippen LogP contribution in [0.1, 0.15) is 39.5 Å². The van der Waals surface area contributed by atoms with Gasteiger partial charge in [0.1, 0.15) is 0 Å². The lowest BCUT2D eigenvalue weighted by Gasteiger charge is -2.40. The second-order valence-electron chi connectivity index (χ2n) is 3.91. The van der Waals surface area contributed by atoms with E-state index >= 15 is 0 Å². The topological polar surface area (TPSA) is 18.5 Å². The molecule has 1 fully saturated rings.